The fraction of sp³-hybridized carbons (Fsp3) is 0.643. The van der Waals surface area contributed by atoms with Crippen molar-refractivity contribution in [3.63, 3.8) is 0 Å². The zero-order valence-corrected chi connectivity index (χ0v) is 13.2. The van der Waals surface area contributed by atoms with Crippen LogP contribution in [0, 0.1) is 5.92 Å². The number of rotatable bonds is 7. The second kappa shape index (κ2) is 6.20. The monoisotopic (exact) mass is 297 g/mol. The molecule has 0 unspecified atom stereocenters. The van der Waals surface area contributed by atoms with Gasteiger partial charge >= 0.3 is 0 Å². The van der Waals surface area contributed by atoms with Crippen LogP contribution in [-0.4, -0.2) is 37.3 Å². The summed E-state index contributed by atoms with van der Waals surface area (Å²) in [5.74, 6) is 0.314. The number of pyridine rings is 1. The molecule has 0 bridgehead atoms. The molecule has 20 heavy (non-hydrogen) atoms. The van der Waals surface area contributed by atoms with Gasteiger partial charge in [-0.15, -0.1) is 0 Å². The van der Waals surface area contributed by atoms with Crippen molar-refractivity contribution in [3.8, 4) is 0 Å². The lowest BCUT2D eigenvalue weighted by Crippen LogP contribution is -2.36. The molecular weight excluding hydrogens is 274 g/mol. The lowest BCUT2D eigenvalue weighted by Gasteiger charge is -2.23. The van der Waals surface area contributed by atoms with E-state index in [1.54, 1.807) is 16.6 Å². The highest BCUT2D eigenvalue weighted by Crippen LogP contribution is 2.32. The summed E-state index contributed by atoms with van der Waals surface area (Å²) in [6.45, 7) is 5.32. The summed E-state index contributed by atoms with van der Waals surface area (Å²) in [6.07, 6.45) is 3.55. The maximum atomic E-state index is 12.7. The van der Waals surface area contributed by atoms with E-state index in [0.717, 1.165) is 18.4 Å². The van der Waals surface area contributed by atoms with E-state index in [-0.39, 0.29) is 11.1 Å². The number of hydrogen-bond donors (Lipinski definition) is 1. The van der Waals surface area contributed by atoms with Gasteiger partial charge < -0.3 is 5.32 Å². The largest absolute Gasteiger partial charge is 0.316 e. The van der Waals surface area contributed by atoms with Crippen molar-refractivity contribution in [1.29, 1.82) is 0 Å². The highest BCUT2D eigenvalue weighted by atomic mass is 32.2. The zero-order valence-electron chi connectivity index (χ0n) is 12.3. The van der Waals surface area contributed by atoms with Crippen molar-refractivity contribution in [2.75, 3.05) is 13.6 Å². The highest BCUT2D eigenvalue weighted by molar-refractivity contribution is 7.89. The average Bonchev–Trinajstić information content (AvgIpc) is 3.21. The zero-order chi connectivity index (χ0) is 14.8. The molecule has 1 heterocycles. The molecule has 0 spiro atoms. The first-order valence-electron chi connectivity index (χ1n) is 7.06. The van der Waals surface area contributed by atoms with Crippen molar-refractivity contribution in [3.05, 3.63) is 23.9 Å². The standard InChI is InChI=1S/C14H23N3O2S/c1-11(2)10-17(13-5-6-13)20(18,19)14-7-4-12(8-15-3)9-16-14/h4,7,9,11,13,15H,5-6,8,10H2,1-3H3. The van der Waals surface area contributed by atoms with E-state index < -0.39 is 10.0 Å². The van der Waals surface area contributed by atoms with Gasteiger partial charge in [0, 0.05) is 25.3 Å². The lowest BCUT2D eigenvalue weighted by molar-refractivity contribution is 0.359. The highest BCUT2D eigenvalue weighted by Gasteiger charge is 2.38. The molecular formula is C14H23N3O2S. The predicted molar refractivity (Wildman–Crippen MR) is 78.8 cm³/mol. The summed E-state index contributed by atoms with van der Waals surface area (Å²) in [7, 11) is -1.61. The van der Waals surface area contributed by atoms with Gasteiger partial charge in [0.2, 0.25) is 0 Å². The van der Waals surface area contributed by atoms with Crippen molar-refractivity contribution >= 4 is 10.0 Å². The van der Waals surface area contributed by atoms with Crippen LogP contribution in [0.25, 0.3) is 0 Å². The molecule has 1 aromatic rings. The minimum Gasteiger partial charge on any atom is -0.316 e. The minimum absolute atomic E-state index is 0.157. The number of sulfonamides is 1. The second-order valence-electron chi connectivity index (χ2n) is 5.73. The maximum Gasteiger partial charge on any atom is 0.260 e. The number of aromatic nitrogens is 1. The topological polar surface area (TPSA) is 62.3 Å². The first-order valence-corrected chi connectivity index (χ1v) is 8.50. The Kier molecular flexibility index (Phi) is 4.78. The Morgan fingerprint density at radius 3 is 2.55 bits per heavy atom. The van der Waals surface area contributed by atoms with Gasteiger partial charge in [0.05, 0.1) is 0 Å². The molecule has 0 aromatic carbocycles. The third-order valence-corrected chi connectivity index (χ3v) is 5.09. The SMILES string of the molecule is CNCc1ccc(S(=O)(=O)N(CC(C)C)C2CC2)nc1. The van der Waals surface area contributed by atoms with E-state index in [1.165, 1.54) is 0 Å². The molecule has 1 aromatic heterocycles. The van der Waals surface area contributed by atoms with Gasteiger partial charge in [-0.25, -0.2) is 13.4 Å². The van der Waals surface area contributed by atoms with E-state index in [4.69, 9.17) is 0 Å². The Morgan fingerprint density at radius 1 is 1.40 bits per heavy atom. The van der Waals surface area contributed by atoms with Gasteiger partial charge in [0.1, 0.15) is 0 Å². The van der Waals surface area contributed by atoms with Gasteiger partial charge in [0.25, 0.3) is 10.0 Å². The Labute approximate surface area is 121 Å². The van der Waals surface area contributed by atoms with Crippen LogP contribution in [0.1, 0.15) is 32.3 Å². The summed E-state index contributed by atoms with van der Waals surface area (Å²) < 4.78 is 27.0. The van der Waals surface area contributed by atoms with Crippen molar-refractivity contribution in [2.24, 2.45) is 5.92 Å². The minimum atomic E-state index is -3.46. The number of nitrogens with zero attached hydrogens (tertiary/aromatic N) is 2. The molecule has 0 aliphatic heterocycles. The smallest absolute Gasteiger partial charge is 0.260 e. The molecule has 1 fully saturated rings. The molecule has 0 radical (unpaired) electrons. The fourth-order valence-electron chi connectivity index (χ4n) is 2.16. The fourth-order valence-corrected chi connectivity index (χ4v) is 3.92. The third kappa shape index (κ3) is 3.56. The van der Waals surface area contributed by atoms with Crippen LogP contribution >= 0.6 is 0 Å². The van der Waals surface area contributed by atoms with Crippen molar-refractivity contribution < 1.29 is 8.42 Å². The van der Waals surface area contributed by atoms with Crippen LogP contribution in [0.3, 0.4) is 0 Å². The average molecular weight is 297 g/mol. The Morgan fingerprint density at radius 2 is 2.10 bits per heavy atom. The molecule has 1 aliphatic carbocycles. The summed E-state index contributed by atoms with van der Waals surface area (Å²) in [4.78, 5) is 4.14. The van der Waals surface area contributed by atoms with Crippen LogP contribution in [0.4, 0.5) is 0 Å². The van der Waals surface area contributed by atoms with Gasteiger partial charge in [-0.3, -0.25) is 0 Å². The van der Waals surface area contributed by atoms with Gasteiger partial charge in [-0.05, 0) is 37.4 Å². The van der Waals surface area contributed by atoms with Crippen LogP contribution in [0.5, 0.6) is 0 Å². The van der Waals surface area contributed by atoms with Crippen LogP contribution in [-0.2, 0) is 16.6 Å². The molecule has 112 valence electrons. The summed E-state index contributed by atoms with van der Waals surface area (Å²) >= 11 is 0. The first-order chi connectivity index (χ1) is 9.45. The van der Waals surface area contributed by atoms with Crippen molar-refractivity contribution in [2.45, 2.75) is 44.3 Å². The van der Waals surface area contributed by atoms with E-state index >= 15 is 0 Å². The molecule has 6 heteroatoms. The summed E-state index contributed by atoms with van der Waals surface area (Å²) in [6, 6.07) is 3.59. The lowest BCUT2D eigenvalue weighted by atomic mass is 10.2. The third-order valence-electron chi connectivity index (χ3n) is 3.25. The molecule has 1 saturated carbocycles. The molecule has 0 saturated heterocycles. The van der Waals surface area contributed by atoms with Crippen LogP contribution in [0.15, 0.2) is 23.4 Å². The van der Waals surface area contributed by atoms with E-state index in [1.807, 2.05) is 27.0 Å². The maximum absolute atomic E-state index is 12.7. The Hall–Kier alpha value is -0.980. The Bertz CT molecular complexity index is 536. The van der Waals surface area contributed by atoms with E-state index in [0.29, 0.717) is 19.0 Å². The first kappa shape index (κ1) is 15.4. The molecule has 5 nitrogen and oxygen atoms in total. The second-order valence-corrected chi connectivity index (χ2v) is 7.57. The molecule has 1 aliphatic rings. The molecule has 0 amide bonds. The van der Waals surface area contributed by atoms with E-state index in [2.05, 4.69) is 10.3 Å². The van der Waals surface area contributed by atoms with Gasteiger partial charge in [-0.2, -0.15) is 4.31 Å². The van der Waals surface area contributed by atoms with Crippen LogP contribution in [0.2, 0.25) is 0 Å². The normalized spacial score (nSPS) is 16.1. The number of hydrogen-bond acceptors (Lipinski definition) is 4. The van der Waals surface area contributed by atoms with Crippen LogP contribution < -0.4 is 5.32 Å². The Balaban J connectivity index is 2.23. The number of nitrogens with one attached hydrogen (secondary N) is 1. The van der Waals surface area contributed by atoms with Crippen molar-refractivity contribution in [1.82, 2.24) is 14.6 Å². The predicted octanol–water partition coefficient (Wildman–Crippen LogP) is 1.61. The van der Waals surface area contributed by atoms with Gasteiger partial charge in [0.15, 0.2) is 5.03 Å². The van der Waals surface area contributed by atoms with E-state index in [9.17, 15) is 8.42 Å². The summed E-state index contributed by atoms with van der Waals surface area (Å²) in [5.41, 5.74) is 0.980. The summed E-state index contributed by atoms with van der Waals surface area (Å²) in [5, 5.41) is 3.18. The molecule has 1 N–H and O–H groups in total. The molecule has 0 atom stereocenters. The quantitative estimate of drug-likeness (QED) is 0.830. The van der Waals surface area contributed by atoms with Gasteiger partial charge in [-0.1, -0.05) is 19.9 Å². The molecule has 2 rings (SSSR count).